The number of hydrogen-bond donors (Lipinski definition) is 10. The zero-order valence-electron chi connectivity index (χ0n) is 51.0. The molecular formula is C57H72Cl4N10O17P3+. The highest BCUT2D eigenvalue weighted by molar-refractivity contribution is 7.66. The molecule has 494 valence electrons. The number of allylic oxidation sites excluding steroid dienone is 2. The van der Waals surface area contributed by atoms with Crippen molar-refractivity contribution in [1.29, 1.82) is 0 Å². The number of phosphoric acid groups is 3. The van der Waals surface area contributed by atoms with E-state index in [0.29, 0.717) is 60.1 Å². The summed E-state index contributed by atoms with van der Waals surface area (Å²) < 4.78 is 63.4. The van der Waals surface area contributed by atoms with Crippen LogP contribution in [-0.2, 0) is 36.4 Å². The van der Waals surface area contributed by atoms with Gasteiger partial charge in [0.25, 0.3) is 11.5 Å². The van der Waals surface area contributed by atoms with Gasteiger partial charge in [0.05, 0.1) is 43.9 Å². The second-order valence-corrected chi connectivity index (χ2v) is 29.5. The molecule has 0 bridgehead atoms. The average Bonchev–Trinajstić information content (AvgIpc) is 1.17. The molecule has 5 aromatic rings. The Morgan fingerprint density at radius 2 is 1.51 bits per heavy atom. The molecule has 6 heterocycles. The molecule has 27 nitrogen and oxygen atoms in total. The van der Waals surface area contributed by atoms with E-state index in [1.54, 1.807) is 7.05 Å². The average molecular weight is 1400 g/mol. The number of nitrogen functional groups attached to an aromatic ring is 1. The topological polar surface area (TPSA) is 376 Å². The van der Waals surface area contributed by atoms with Crippen LogP contribution in [0, 0.1) is 0 Å². The molecule has 11 N–H and O–H groups in total. The Morgan fingerprint density at radius 1 is 0.835 bits per heavy atom. The van der Waals surface area contributed by atoms with Gasteiger partial charge in [0, 0.05) is 98.3 Å². The largest absolute Gasteiger partial charge is 0.490 e. The number of H-pyrrole nitrogens is 1. The van der Waals surface area contributed by atoms with Crippen molar-refractivity contribution in [2.24, 2.45) is 0 Å². The first-order chi connectivity index (χ1) is 42.5. The van der Waals surface area contributed by atoms with Gasteiger partial charge in [-0.3, -0.25) is 28.5 Å². The summed E-state index contributed by atoms with van der Waals surface area (Å²) in [6.07, 6.45) is 0.265. The van der Waals surface area contributed by atoms with Crippen LogP contribution in [0.4, 0.5) is 17.6 Å². The number of nitrogens with one attached hydrogen (secondary N) is 3. The third kappa shape index (κ3) is 14.5. The number of fused-ring (bicyclic) bond motifs is 5. The minimum absolute atomic E-state index is 0.0267. The molecule has 34 heteroatoms. The predicted octanol–water partition coefficient (Wildman–Crippen LogP) is 8.00. The third-order valence-corrected chi connectivity index (χ3v) is 21.8. The van der Waals surface area contributed by atoms with Crippen LogP contribution in [0.5, 0.6) is 11.5 Å². The summed E-state index contributed by atoms with van der Waals surface area (Å²) in [6, 6.07) is 8.27. The first-order valence-corrected chi connectivity index (χ1v) is 35.1. The first-order valence-electron chi connectivity index (χ1n) is 29.1. The highest BCUT2D eigenvalue weighted by Gasteiger charge is 2.48. The van der Waals surface area contributed by atoms with Gasteiger partial charge >= 0.3 is 23.5 Å². The Kier molecular flexibility index (Phi) is 20.7. The third-order valence-electron chi connectivity index (χ3n) is 16.2. The van der Waals surface area contributed by atoms with E-state index >= 15 is 4.79 Å². The lowest BCUT2D eigenvalue weighted by molar-refractivity contribution is -0.121. The molecule has 0 radical (unpaired) electrons. The van der Waals surface area contributed by atoms with Crippen LogP contribution in [-0.4, -0.2) is 142 Å². The molecule has 2 aromatic heterocycles. The zero-order valence-corrected chi connectivity index (χ0v) is 56.8. The van der Waals surface area contributed by atoms with E-state index in [1.807, 2.05) is 0 Å². The Morgan fingerprint density at radius 3 is 2.18 bits per heavy atom. The van der Waals surface area contributed by atoms with Crippen LogP contribution in [0.15, 0.2) is 41.2 Å². The fraction of sp³-hybridized carbons (Fsp3) is 0.474. The van der Waals surface area contributed by atoms with Crippen LogP contribution in [0.1, 0.15) is 133 Å². The fourth-order valence-electron chi connectivity index (χ4n) is 12.3. The van der Waals surface area contributed by atoms with Gasteiger partial charge in [-0.2, -0.15) is 13.6 Å². The van der Waals surface area contributed by atoms with Crippen molar-refractivity contribution in [1.82, 2.24) is 34.3 Å². The number of nitrogens with zero attached hydrogens (tertiary/aromatic N) is 6. The number of imidazole rings is 1. The number of nitrogens with two attached hydrogens (primary N) is 1. The number of aliphatic hydroxyl groups is 2. The SMILES string of the molecule is CCN1c2cc3c(cc2C(C)=CC1(C)C)C(c1c(Cl)c(Cl)c(Cl)c(Cl)c1C(=O)N(C)CCCC(=O)NCCCCCCNc1nc2c(=O)[nH]c(N)nc2n1[C@@H]1O[C@H](COP(=O)(O)OP(=O)(O)OP(=O)(O)O)[C@@H](O)[C@H]1O)=c1cc2c(cc1O3)=[N+](CC)C(C)(C)C=C2C. The maximum Gasteiger partial charge on any atom is 0.490 e. The van der Waals surface area contributed by atoms with Crippen LogP contribution < -0.4 is 46.7 Å². The number of ether oxygens (including phenoxy) is 2. The summed E-state index contributed by atoms with van der Waals surface area (Å²) in [5.74, 6) is -0.0540. The number of amides is 2. The van der Waals surface area contributed by atoms with E-state index in [9.17, 15) is 43.3 Å². The lowest BCUT2D eigenvalue weighted by Gasteiger charge is -2.43. The monoisotopic (exact) mass is 1400 g/mol. The van der Waals surface area contributed by atoms with Gasteiger partial charge in [-0.25, -0.2) is 23.3 Å². The molecule has 1 saturated heterocycles. The number of halogens is 4. The molecule has 2 unspecified atom stereocenters. The molecule has 4 aliphatic heterocycles. The summed E-state index contributed by atoms with van der Waals surface area (Å²) in [7, 11) is -15.6. The van der Waals surface area contributed by atoms with Gasteiger partial charge in [-0.1, -0.05) is 65.3 Å². The van der Waals surface area contributed by atoms with Crippen molar-refractivity contribution >= 4 is 127 Å². The second kappa shape index (κ2) is 26.9. The standard InChI is InChI=1S/C57H71Cl4N10O17P3/c1-10-69-34-23-36-32(21-30(34)28(3)25-56(69,5)6)40(33-22-31-29(4)26-57(7,8)70(11-2)35(31)24-37(33)85-36)41-42(44(59)46(61)45(60)43(41)58)52(76)68(9)20-16-17-39(72)63-18-14-12-13-15-19-64-55-65-47-50(66-54(62)67-51(47)75)71(55)53-49(74)48(73)38(86-53)27-84-90(80,81)88-91(82,83)87-89(77,78)79/h21-26,38,48-49,53,73-74H,10-20,27H2,1-9H3,(H8,62,63,67,72,75,76,77,78,79,80,81,82,83)/p+1/t38-,48-,49-,53-/m1/s1. The smallest absolute Gasteiger partial charge is 0.456 e. The van der Waals surface area contributed by atoms with Crippen LogP contribution in [0.3, 0.4) is 0 Å². The van der Waals surface area contributed by atoms with Gasteiger partial charge < -0.3 is 65.4 Å². The number of aromatic amines is 1. The van der Waals surface area contributed by atoms with E-state index in [0.717, 1.165) is 51.0 Å². The van der Waals surface area contributed by atoms with E-state index in [4.69, 9.17) is 71.4 Å². The number of aromatic nitrogens is 4. The Hall–Kier alpha value is -5.25. The first kappa shape index (κ1) is 70.1. The number of phosphoric ester groups is 1. The molecule has 91 heavy (non-hydrogen) atoms. The van der Waals surface area contributed by atoms with Crippen molar-refractivity contribution in [3.8, 4) is 11.5 Å². The van der Waals surface area contributed by atoms with E-state index < -0.39 is 66.1 Å². The number of rotatable bonds is 24. The zero-order chi connectivity index (χ0) is 66.8. The van der Waals surface area contributed by atoms with Crippen LogP contribution >= 0.6 is 69.9 Å². The second-order valence-electron chi connectivity index (χ2n) is 23.5. The molecule has 9 rings (SSSR count). The van der Waals surface area contributed by atoms with Crippen molar-refractivity contribution in [3.63, 3.8) is 0 Å². The van der Waals surface area contributed by atoms with Crippen LogP contribution in [0.2, 0.25) is 20.1 Å². The number of carbonyl (C=O) groups is 2. The molecule has 3 aromatic carbocycles. The number of aliphatic hydroxyl groups excluding tert-OH is 2. The van der Waals surface area contributed by atoms with Crippen molar-refractivity contribution in [2.45, 2.75) is 130 Å². The van der Waals surface area contributed by atoms with Gasteiger partial charge in [-0.05, 0) is 90.2 Å². The highest BCUT2D eigenvalue weighted by Crippen LogP contribution is 2.66. The molecule has 4 aliphatic rings. The lowest BCUT2D eigenvalue weighted by atomic mass is 9.83. The number of hydrogen-bond acceptors (Lipinski definition) is 18. The molecule has 0 spiro atoms. The van der Waals surface area contributed by atoms with Gasteiger partial charge in [-0.15, -0.1) is 0 Å². The summed E-state index contributed by atoms with van der Waals surface area (Å²) in [5.41, 5.74) is 10.6. The Bertz CT molecular complexity index is 4200. The quantitative estimate of drug-likeness (QED) is 0.00901. The number of carbonyl (C=O) groups excluding carboxylic acids is 2. The summed E-state index contributed by atoms with van der Waals surface area (Å²) in [4.78, 5) is 92.8. The Labute approximate surface area is 542 Å². The van der Waals surface area contributed by atoms with E-state index in [2.05, 4.69) is 140 Å². The van der Waals surface area contributed by atoms with Crippen LogP contribution in [0.25, 0.3) is 27.9 Å². The van der Waals surface area contributed by atoms with Crippen molar-refractivity contribution in [3.05, 3.63) is 105 Å². The molecule has 0 aliphatic carbocycles. The fourth-order valence-corrected chi connectivity index (χ4v) is 16.4. The minimum atomic E-state index is -5.87. The van der Waals surface area contributed by atoms with Gasteiger partial charge in [0.15, 0.2) is 22.9 Å². The molecule has 0 saturated carbocycles. The number of unbranched alkanes of at least 4 members (excludes halogenated alkanes) is 3. The normalized spacial score (nSPS) is 20.4. The molecule has 2 amide bonds. The van der Waals surface area contributed by atoms with Crippen molar-refractivity contribution < 1.29 is 75.7 Å². The lowest BCUT2D eigenvalue weighted by Crippen LogP contribution is -2.49. The Balaban J connectivity index is 0.847. The maximum absolute atomic E-state index is 15.1. The summed E-state index contributed by atoms with van der Waals surface area (Å²) in [6.45, 7) is 18.1. The number of likely N-dealkylation sites (N-methyl/N-ethyl adjacent to an activating group) is 2. The minimum Gasteiger partial charge on any atom is -0.456 e. The van der Waals surface area contributed by atoms with Gasteiger partial charge in [0.1, 0.15) is 36.4 Å². The number of benzene rings is 3. The van der Waals surface area contributed by atoms with Crippen molar-refractivity contribution in [2.75, 3.05) is 62.3 Å². The maximum atomic E-state index is 15.1. The van der Waals surface area contributed by atoms with E-state index in [1.165, 1.54) is 4.90 Å². The summed E-state index contributed by atoms with van der Waals surface area (Å²) >= 11 is 28.4. The highest BCUT2D eigenvalue weighted by atomic mass is 35.5. The summed E-state index contributed by atoms with van der Waals surface area (Å²) in [5, 5.41) is 29.4. The molecular weight excluding hydrogens is 1330 g/mol. The molecule has 6 atom stereocenters. The number of anilines is 3. The van der Waals surface area contributed by atoms with E-state index in [-0.39, 0.29) is 97.2 Å². The molecule has 1 fully saturated rings. The predicted molar refractivity (Wildman–Crippen MR) is 345 cm³/mol. The van der Waals surface area contributed by atoms with Gasteiger partial charge in [0.2, 0.25) is 23.2 Å².